The molecule has 0 bridgehead atoms. The molecule has 0 spiro atoms. The average Bonchev–Trinajstić information content (AvgIpc) is 3.09. The lowest BCUT2D eigenvalue weighted by atomic mass is 10.1. The van der Waals surface area contributed by atoms with Crippen molar-refractivity contribution in [2.45, 2.75) is 6.54 Å². The van der Waals surface area contributed by atoms with Gasteiger partial charge in [-0.1, -0.05) is 0 Å². The van der Waals surface area contributed by atoms with Crippen LogP contribution in [0.4, 0.5) is 10.2 Å². The van der Waals surface area contributed by atoms with Crippen molar-refractivity contribution in [1.82, 2.24) is 19.7 Å². The lowest BCUT2D eigenvalue weighted by Crippen LogP contribution is -2.14. The fourth-order valence-electron chi connectivity index (χ4n) is 2.73. The third-order valence-corrected chi connectivity index (χ3v) is 4.02. The van der Waals surface area contributed by atoms with E-state index in [4.69, 9.17) is 0 Å². The zero-order chi connectivity index (χ0) is 18.8. The van der Waals surface area contributed by atoms with E-state index >= 15 is 0 Å². The van der Waals surface area contributed by atoms with E-state index in [1.807, 2.05) is 12.1 Å². The van der Waals surface area contributed by atoms with Gasteiger partial charge in [-0.2, -0.15) is 5.10 Å². The minimum Gasteiger partial charge on any atom is -0.319 e. The number of aromatic amines is 1. The predicted molar refractivity (Wildman–Crippen MR) is 98.0 cm³/mol. The zero-order valence-corrected chi connectivity index (χ0v) is 14.0. The van der Waals surface area contributed by atoms with Crippen LogP contribution in [0.3, 0.4) is 0 Å². The summed E-state index contributed by atoms with van der Waals surface area (Å²) in [6, 6.07) is 10.8. The molecule has 134 valence electrons. The van der Waals surface area contributed by atoms with Gasteiger partial charge in [-0.05, 0) is 35.9 Å². The summed E-state index contributed by atoms with van der Waals surface area (Å²) >= 11 is 0. The molecule has 0 radical (unpaired) electrons. The van der Waals surface area contributed by atoms with E-state index < -0.39 is 17.3 Å². The highest BCUT2D eigenvalue weighted by Gasteiger charge is 2.12. The van der Waals surface area contributed by atoms with Gasteiger partial charge in [0.15, 0.2) is 5.82 Å². The Balaban J connectivity index is 1.53. The van der Waals surface area contributed by atoms with Crippen LogP contribution in [0.5, 0.6) is 0 Å². The van der Waals surface area contributed by atoms with Gasteiger partial charge in [0, 0.05) is 41.7 Å². The lowest BCUT2D eigenvalue weighted by Gasteiger charge is -2.05. The van der Waals surface area contributed by atoms with Crippen LogP contribution in [-0.2, 0) is 6.54 Å². The Morgan fingerprint density at radius 1 is 1.15 bits per heavy atom. The van der Waals surface area contributed by atoms with E-state index in [-0.39, 0.29) is 11.1 Å². The Kier molecular flexibility index (Phi) is 4.21. The first-order chi connectivity index (χ1) is 13.1. The molecule has 0 saturated heterocycles. The van der Waals surface area contributed by atoms with Crippen molar-refractivity contribution in [2.75, 3.05) is 5.32 Å². The van der Waals surface area contributed by atoms with Crippen LogP contribution in [0.2, 0.25) is 0 Å². The van der Waals surface area contributed by atoms with Crippen molar-refractivity contribution in [1.29, 1.82) is 0 Å². The van der Waals surface area contributed by atoms with Gasteiger partial charge < -0.3 is 10.3 Å². The summed E-state index contributed by atoms with van der Waals surface area (Å²) < 4.78 is 15.9. The highest BCUT2D eigenvalue weighted by molar-refractivity contribution is 6.05. The average molecular weight is 363 g/mol. The number of pyridine rings is 2. The van der Waals surface area contributed by atoms with Crippen LogP contribution in [-0.4, -0.2) is 25.7 Å². The van der Waals surface area contributed by atoms with Gasteiger partial charge in [-0.15, -0.1) is 0 Å². The molecule has 3 heterocycles. The van der Waals surface area contributed by atoms with E-state index in [2.05, 4.69) is 20.4 Å². The summed E-state index contributed by atoms with van der Waals surface area (Å²) in [4.78, 5) is 30.1. The first-order valence-corrected chi connectivity index (χ1v) is 8.15. The second kappa shape index (κ2) is 6.83. The smallest absolute Gasteiger partial charge is 0.256 e. The number of nitrogens with one attached hydrogen (secondary N) is 2. The number of nitrogens with zero attached hydrogens (tertiary/aromatic N) is 3. The van der Waals surface area contributed by atoms with E-state index in [0.717, 1.165) is 11.6 Å². The third-order valence-electron chi connectivity index (χ3n) is 4.02. The standard InChI is InChI=1S/C19H14FN5O2/c20-15-10-14(9-13-1-2-17(26)23-18(13)15)19(27)22-16-5-8-25(24-16)11-12-3-6-21-7-4-12/h1-10H,11H2,(H,23,26)(H,22,24,27). The topological polar surface area (TPSA) is 92.7 Å². The maximum atomic E-state index is 14.2. The largest absolute Gasteiger partial charge is 0.319 e. The molecule has 4 rings (SSSR count). The van der Waals surface area contributed by atoms with Crippen LogP contribution in [0.15, 0.2) is 65.8 Å². The molecule has 0 aliphatic heterocycles. The molecule has 1 aromatic carbocycles. The van der Waals surface area contributed by atoms with Crippen molar-refractivity contribution < 1.29 is 9.18 Å². The van der Waals surface area contributed by atoms with Gasteiger partial charge in [-0.3, -0.25) is 19.3 Å². The maximum absolute atomic E-state index is 14.2. The molecule has 8 heteroatoms. The molecular weight excluding hydrogens is 349 g/mol. The van der Waals surface area contributed by atoms with E-state index in [9.17, 15) is 14.0 Å². The van der Waals surface area contributed by atoms with Gasteiger partial charge in [0.2, 0.25) is 5.56 Å². The Labute approximate surface area is 152 Å². The normalized spacial score (nSPS) is 10.9. The SMILES string of the molecule is O=C(Nc1ccn(Cc2ccncc2)n1)c1cc(F)c2[nH]c(=O)ccc2c1. The second-order valence-electron chi connectivity index (χ2n) is 5.95. The van der Waals surface area contributed by atoms with E-state index in [0.29, 0.717) is 17.7 Å². The number of benzene rings is 1. The van der Waals surface area contributed by atoms with Crippen LogP contribution in [0.1, 0.15) is 15.9 Å². The number of hydrogen-bond donors (Lipinski definition) is 2. The first kappa shape index (κ1) is 16.6. The zero-order valence-electron chi connectivity index (χ0n) is 14.0. The van der Waals surface area contributed by atoms with Crippen LogP contribution >= 0.6 is 0 Å². The minimum absolute atomic E-state index is 0.0701. The van der Waals surface area contributed by atoms with Gasteiger partial charge in [-0.25, -0.2) is 4.39 Å². The lowest BCUT2D eigenvalue weighted by molar-refractivity contribution is 0.102. The minimum atomic E-state index is -0.668. The van der Waals surface area contributed by atoms with Gasteiger partial charge in [0.05, 0.1) is 12.1 Å². The summed E-state index contributed by atoms with van der Waals surface area (Å²) in [5.74, 6) is -0.800. The second-order valence-corrected chi connectivity index (χ2v) is 5.95. The molecule has 0 saturated carbocycles. The number of hydrogen-bond acceptors (Lipinski definition) is 4. The molecular formula is C19H14FN5O2. The number of rotatable bonds is 4. The third kappa shape index (κ3) is 3.59. The fraction of sp³-hybridized carbons (Fsp3) is 0.0526. The highest BCUT2D eigenvalue weighted by atomic mass is 19.1. The number of aromatic nitrogens is 4. The molecule has 0 unspecified atom stereocenters. The van der Waals surface area contributed by atoms with E-state index in [1.165, 1.54) is 18.2 Å². The molecule has 7 nitrogen and oxygen atoms in total. The van der Waals surface area contributed by atoms with Crippen molar-refractivity contribution in [3.63, 3.8) is 0 Å². The summed E-state index contributed by atoms with van der Waals surface area (Å²) in [5.41, 5.74) is 0.825. The molecule has 3 aromatic heterocycles. The Morgan fingerprint density at radius 2 is 1.96 bits per heavy atom. The first-order valence-electron chi connectivity index (χ1n) is 8.15. The number of carbonyl (C=O) groups excluding carboxylic acids is 1. The molecule has 0 atom stereocenters. The molecule has 0 aliphatic rings. The Hall–Kier alpha value is -3.81. The van der Waals surface area contributed by atoms with E-state index in [1.54, 1.807) is 29.3 Å². The number of carbonyl (C=O) groups is 1. The Morgan fingerprint density at radius 3 is 2.78 bits per heavy atom. The fourth-order valence-corrected chi connectivity index (χ4v) is 2.73. The molecule has 0 aliphatic carbocycles. The van der Waals surface area contributed by atoms with Crippen molar-refractivity contribution in [2.24, 2.45) is 0 Å². The maximum Gasteiger partial charge on any atom is 0.256 e. The van der Waals surface area contributed by atoms with Crippen LogP contribution < -0.4 is 10.9 Å². The molecule has 4 aromatic rings. The Bertz CT molecular complexity index is 1180. The number of anilines is 1. The van der Waals surface area contributed by atoms with Gasteiger partial charge in [0.25, 0.3) is 5.91 Å². The van der Waals surface area contributed by atoms with Crippen molar-refractivity contribution in [3.8, 4) is 0 Å². The quantitative estimate of drug-likeness (QED) is 0.583. The summed E-state index contributed by atoms with van der Waals surface area (Å²) in [7, 11) is 0. The van der Waals surface area contributed by atoms with Gasteiger partial charge in [0.1, 0.15) is 5.82 Å². The summed E-state index contributed by atoms with van der Waals surface area (Å²) in [6.07, 6.45) is 5.13. The van der Waals surface area contributed by atoms with Crippen molar-refractivity contribution in [3.05, 3.63) is 88.4 Å². The summed E-state index contributed by atoms with van der Waals surface area (Å²) in [6.45, 7) is 0.538. The molecule has 27 heavy (non-hydrogen) atoms. The number of fused-ring (bicyclic) bond motifs is 1. The monoisotopic (exact) mass is 363 g/mol. The van der Waals surface area contributed by atoms with Gasteiger partial charge >= 0.3 is 0 Å². The predicted octanol–water partition coefficient (Wildman–Crippen LogP) is 2.56. The molecule has 0 fully saturated rings. The van der Waals surface area contributed by atoms with Crippen LogP contribution in [0, 0.1) is 5.82 Å². The number of halogens is 1. The summed E-state index contributed by atoms with van der Waals surface area (Å²) in [5, 5.41) is 7.37. The van der Waals surface area contributed by atoms with Crippen molar-refractivity contribution >= 4 is 22.6 Å². The molecule has 2 N–H and O–H groups in total. The highest BCUT2D eigenvalue weighted by Crippen LogP contribution is 2.18. The number of H-pyrrole nitrogens is 1. The molecule has 1 amide bonds. The number of amides is 1. The van der Waals surface area contributed by atoms with Crippen LogP contribution in [0.25, 0.3) is 10.9 Å².